The first-order chi connectivity index (χ1) is 13.5. The minimum Gasteiger partial charge on any atom is -0.497 e. The molecule has 7 heteroatoms. The van der Waals surface area contributed by atoms with Crippen LogP contribution in [0.4, 0.5) is 4.39 Å². The molecule has 0 saturated carbocycles. The molecule has 0 aliphatic heterocycles. The van der Waals surface area contributed by atoms with Crippen molar-refractivity contribution in [2.45, 2.75) is 6.92 Å². The number of ether oxygens (including phenoxy) is 1. The number of Topliss-reactive ketones (excluding diaryl/α,β-unsaturated/α-hetero) is 2. The van der Waals surface area contributed by atoms with Crippen LogP contribution in [0.15, 0.2) is 54.7 Å². The van der Waals surface area contributed by atoms with Gasteiger partial charge in [0.25, 0.3) is 0 Å². The molecule has 0 bridgehead atoms. The van der Waals surface area contributed by atoms with Crippen LogP contribution in [0.25, 0.3) is 5.69 Å². The standard InChI is InChI=1S/C21H16FN3O3/c1-13-19(12-24-25(13)16-8-6-15(22)7-9-16)21(27)18(11-23)20(26)14-4-3-5-17(10-14)28-2/h3-10,12,18H,1-2H3. The first-order valence-electron chi connectivity index (χ1n) is 8.39. The van der Waals surface area contributed by atoms with Gasteiger partial charge in [-0.15, -0.1) is 0 Å². The highest BCUT2D eigenvalue weighted by Gasteiger charge is 2.31. The molecule has 1 unspecified atom stereocenters. The van der Waals surface area contributed by atoms with Crippen LogP contribution >= 0.6 is 0 Å². The Morgan fingerprint density at radius 1 is 1.18 bits per heavy atom. The van der Waals surface area contributed by atoms with Gasteiger partial charge in [0.2, 0.25) is 0 Å². The summed E-state index contributed by atoms with van der Waals surface area (Å²) in [6.45, 7) is 1.65. The number of carbonyl (C=O) groups excluding carboxylic acids is 2. The predicted molar refractivity (Wildman–Crippen MR) is 99.0 cm³/mol. The minimum absolute atomic E-state index is 0.159. The van der Waals surface area contributed by atoms with E-state index in [9.17, 15) is 19.2 Å². The van der Waals surface area contributed by atoms with Crippen molar-refractivity contribution in [1.29, 1.82) is 5.26 Å². The molecule has 6 nitrogen and oxygen atoms in total. The quantitative estimate of drug-likeness (QED) is 0.485. The Bertz CT molecular complexity index is 1080. The van der Waals surface area contributed by atoms with E-state index in [0.29, 0.717) is 17.1 Å². The van der Waals surface area contributed by atoms with Crippen LogP contribution in [0.1, 0.15) is 26.4 Å². The van der Waals surface area contributed by atoms with Gasteiger partial charge in [-0.25, -0.2) is 9.07 Å². The Balaban J connectivity index is 1.92. The minimum atomic E-state index is -1.50. The van der Waals surface area contributed by atoms with Crippen molar-refractivity contribution in [3.05, 3.63) is 77.4 Å². The summed E-state index contributed by atoms with van der Waals surface area (Å²) in [7, 11) is 1.46. The van der Waals surface area contributed by atoms with Gasteiger partial charge in [-0.2, -0.15) is 10.4 Å². The lowest BCUT2D eigenvalue weighted by Crippen LogP contribution is -2.23. The van der Waals surface area contributed by atoms with E-state index in [1.165, 1.54) is 54.4 Å². The third kappa shape index (κ3) is 3.53. The second-order valence-electron chi connectivity index (χ2n) is 6.05. The summed E-state index contributed by atoms with van der Waals surface area (Å²) in [5.41, 5.74) is 1.39. The van der Waals surface area contributed by atoms with Crippen molar-refractivity contribution in [3.8, 4) is 17.5 Å². The Labute approximate surface area is 160 Å². The van der Waals surface area contributed by atoms with E-state index in [0.717, 1.165) is 0 Å². The first kappa shape index (κ1) is 19.0. The molecule has 1 aromatic heterocycles. The van der Waals surface area contributed by atoms with Gasteiger partial charge in [-0.1, -0.05) is 12.1 Å². The number of rotatable bonds is 6. The van der Waals surface area contributed by atoms with Gasteiger partial charge in [0.15, 0.2) is 17.5 Å². The normalized spacial score (nSPS) is 11.5. The largest absolute Gasteiger partial charge is 0.497 e. The number of nitrogens with zero attached hydrogens (tertiary/aromatic N) is 3. The topological polar surface area (TPSA) is 85.0 Å². The summed E-state index contributed by atoms with van der Waals surface area (Å²) in [6, 6.07) is 13.7. The molecule has 1 atom stereocenters. The highest BCUT2D eigenvalue weighted by molar-refractivity contribution is 6.18. The van der Waals surface area contributed by atoms with E-state index >= 15 is 0 Å². The van der Waals surface area contributed by atoms with Crippen LogP contribution in [0.3, 0.4) is 0 Å². The van der Waals surface area contributed by atoms with Crippen molar-refractivity contribution in [2.75, 3.05) is 7.11 Å². The maximum absolute atomic E-state index is 13.1. The molecule has 0 fully saturated rings. The fourth-order valence-electron chi connectivity index (χ4n) is 2.83. The molecular formula is C21H16FN3O3. The zero-order chi connectivity index (χ0) is 20.3. The zero-order valence-corrected chi connectivity index (χ0v) is 15.2. The Hall–Kier alpha value is -3.79. The first-order valence-corrected chi connectivity index (χ1v) is 8.39. The summed E-state index contributed by atoms with van der Waals surface area (Å²) in [5, 5.41) is 13.6. The van der Waals surface area contributed by atoms with Crippen LogP contribution < -0.4 is 4.74 Å². The highest BCUT2D eigenvalue weighted by Crippen LogP contribution is 2.21. The predicted octanol–water partition coefficient (Wildman–Crippen LogP) is 3.53. The fraction of sp³-hybridized carbons (Fsp3) is 0.143. The van der Waals surface area contributed by atoms with E-state index in [2.05, 4.69) is 5.10 Å². The van der Waals surface area contributed by atoms with Crippen molar-refractivity contribution < 1.29 is 18.7 Å². The molecule has 3 aromatic rings. The van der Waals surface area contributed by atoms with E-state index in [4.69, 9.17) is 4.74 Å². The van der Waals surface area contributed by atoms with Crippen molar-refractivity contribution in [3.63, 3.8) is 0 Å². The van der Waals surface area contributed by atoms with E-state index in [1.54, 1.807) is 25.1 Å². The van der Waals surface area contributed by atoms with Gasteiger partial charge in [0.05, 0.1) is 36.3 Å². The molecule has 140 valence electrons. The van der Waals surface area contributed by atoms with Crippen molar-refractivity contribution in [1.82, 2.24) is 9.78 Å². The van der Waals surface area contributed by atoms with Gasteiger partial charge in [0, 0.05) is 5.56 Å². The number of hydrogen-bond donors (Lipinski definition) is 0. The van der Waals surface area contributed by atoms with Crippen molar-refractivity contribution >= 4 is 11.6 Å². The number of hydrogen-bond acceptors (Lipinski definition) is 5. The monoisotopic (exact) mass is 377 g/mol. The molecule has 0 saturated heterocycles. The number of methoxy groups -OCH3 is 1. The summed E-state index contributed by atoms with van der Waals surface area (Å²) >= 11 is 0. The third-order valence-corrected chi connectivity index (χ3v) is 4.35. The number of nitriles is 1. The Morgan fingerprint density at radius 2 is 1.89 bits per heavy atom. The molecule has 28 heavy (non-hydrogen) atoms. The summed E-state index contributed by atoms with van der Waals surface area (Å²) < 4.78 is 19.7. The molecule has 2 aromatic carbocycles. The molecule has 3 rings (SSSR count). The van der Waals surface area contributed by atoms with E-state index in [1.807, 2.05) is 0 Å². The number of aromatic nitrogens is 2. The summed E-state index contributed by atoms with van der Waals surface area (Å²) in [6.07, 6.45) is 1.31. The SMILES string of the molecule is COc1cccc(C(=O)C(C#N)C(=O)c2cnn(-c3ccc(F)cc3)c2C)c1. The summed E-state index contributed by atoms with van der Waals surface area (Å²) in [4.78, 5) is 25.6. The third-order valence-electron chi connectivity index (χ3n) is 4.35. The average Bonchev–Trinajstić information content (AvgIpc) is 3.10. The second-order valence-corrected chi connectivity index (χ2v) is 6.05. The number of halogens is 1. The maximum Gasteiger partial charge on any atom is 0.191 e. The highest BCUT2D eigenvalue weighted by atomic mass is 19.1. The van der Waals surface area contributed by atoms with Gasteiger partial charge < -0.3 is 4.74 Å². The van der Waals surface area contributed by atoms with Gasteiger partial charge >= 0.3 is 0 Å². The van der Waals surface area contributed by atoms with Crippen LogP contribution in [-0.2, 0) is 0 Å². The Morgan fingerprint density at radius 3 is 2.54 bits per heavy atom. The van der Waals surface area contributed by atoms with E-state index in [-0.39, 0.29) is 11.1 Å². The van der Waals surface area contributed by atoms with Gasteiger partial charge in [0.1, 0.15) is 11.6 Å². The number of carbonyl (C=O) groups is 2. The Kier molecular flexibility index (Phi) is 5.32. The molecule has 0 aliphatic rings. The second kappa shape index (κ2) is 7.84. The lowest BCUT2D eigenvalue weighted by Gasteiger charge is -2.09. The molecule has 0 aliphatic carbocycles. The molecule has 0 radical (unpaired) electrons. The summed E-state index contributed by atoms with van der Waals surface area (Å²) in [5.74, 6) is -2.69. The number of benzene rings is 2. The number of ketones is 2. The lowest BCUT2D eigenvalue weighted by atomic mass is 9.91. The zero-order valence-electron chi connectivity index (χ0n) is 15.2. The molecule has 0 spiro atoms. The molecular weight excluding hydrogens is 361 g/mol. The smallest absolute Gasteiger partial charge is 0.191 e. The molecule has 1 heterocycles. The molecule has 0 amide bonds. The van der Waals surface area contributed by atoms with Crippen LogP contribution in [0.5, 0.6) is 5.75 Å². The fourth-order valence-corrected chi connectivity index (χ4v) is 2.83. The lowest BCUT2D eigenvalue weighted by molar-refractivity contribution is 0.0845. The average molecular weight is 377 g/mol. The van der Waals surface area contributed by atoms with Crippen molar-refractivity contribution in [2.24, 2.45) is 5.92 Å². The van der Waals surface area contributed by atoms with E-state index < -0.39 is 23.3 Å². The van der Waals surface area contributed by atoms with Crippen LogP contribution in [-0.4, -0.2) is 28.5 Å². The van der Waals surface area contributed by atoms with Crippen LogP contribution in [0.2, 0.25) is 0 Å². The maximum atomic E-state index is 13.1. The van der Waals surface area contributed by atoms with Gasteiger partial charge in [-0.3, -0.25) is 9.59 Å². The van der Waals surface area contributed by atoms with Crippen LogP contribution in [0, 0.1) is 30.0 Å². The molecule has 0 N–H and O–H groups in total. The van der Waals surface area contributed by atoms with Gasteiger partial charge in [-0.05, 0) is 43.3 Å².